The van der Waals surface area contributed by atoms with E-state index in [-0.39, 0.29) is 0 Å². The van der Waals surface area contributed by atoms with Gasteiger partial charge in [0.2, 0.25) is 0 Å². The summed E-state index contributed by atoms with van der Waals surface area (Å²) in [5, 5.41) is 0. The van der Waals surface area contributed by atoms with E-state index in [0.29, 0.717) is 23.0 Å². The molecule has 0 saturated carbocycles. The number of nitrogen functional groups attached to an aromatic ring is 1. The van der Waals surface area contributed by atoms with E-state index in [4.69, 9.17) is 10.5 Å². The van der Waals surface area contributed by atoms with Crippen molar-refractivity contribution in [3.05, 3.63) is 40.8 Å². The van der Waals surface area contributed by atoms with Gasteiger partial charge in [-0.2, -0.15) is 9.97 Å². The number of halogens is 1. The number of hydrogen-bond acceptors (Lipinski definition) is 5. The Balaban J connectivity index is 1.78. The molecule has 6 heteroatoms. The lowest BCUT2D eigenvalue weighted by atomic mass is 10.1. The van der Waals surface area contributed by atoms with Crippen LogP contribution in [0.2, 0.25) is 0 Å². The van der Waals surface area contributed by atoms with Crippen molar-refractivity contribution in [3.8, 4) is 6.01 Å². The summed E-state index contributed by atoms with van der Waals surface area (Å²) >= 11 is 3.24. The first kappa shape index (κ1) is 12.8. The lowest BCUT2D eigenvalue weighted by molar-refractivity contribution is 0.286. The van der Waals surface area contributed by atoms with E-state index in [1.165, 1.54) is 5.56 Å². The van der Waals surface area contributed by atoms with Gasteiger partial charge in [-0.05, 0) is 46.5 Å². The zero-order valence-electron chi connectivity index (χ0n) is 9.71. The molecule has 0 amide bonds. The summed E-state index contributed by atoms with van der Waals surface area (Å²) in [5.74, 6) is 0.390. The number of rotatable bonds is 5. The zero-order valence-corrected chi connectivity index (χ0v) is 11.3. The van der Waals surface area contributed by atoms with Crippen LogP contribution in [0.5, 0.6) is 6.01 Å². The van der Waals surface area contributed by atoms with Gasteiger partial charge < -0.3 is 10.5 Å². The second-order valence-electron chi connectivity index (χ2n) is 3.71. The molecule has 0 unspecified atom stereocenters. The van der Waals surface area contributed by atoms with Crippen molar-refractivity contribution >= 4 is 21.7 Å². The summed E-state index contributed by atoms with van der Waals surface area (Å²) in [7, 11) is 0. The van der Waals surface area contributed by atoms with E-state index in [0.717, 1.165) is 12.8 Å². The number of anilines is 1. The van der Waals surface area contributed by atoms with Crippen LogP contribution in [0.25, 0.3) is 0 Å². The predicted octanol–water partition coefficient (Wildman–Crippen LogP) is 2.23. The number of nitrogens with two attached hydrogens (primary N) is 1. The second kappa shape index (κ2) is 6.30. The molecule has 0 fully saturated rings. The van der Waals surface area contributed by atoms with Crippen molar-refractivity contribution in [2.75, 3.05) is 12.3 Å². The molecule has 0 bridgehead atoms. The van der Waals surface area contributed by atoms with Gasteiger partial charge in [-0.3, -0.25) is 4.98 Å². The second-order valence-corrected chi connectivity index (χ2v) is 4.52. The first-order valence-corrected chi connectivity index (χ1v) is 6.35. The molecule has 2 rings (SSSR count). The SMILES string of the molecule is Nc1cc(Br)nc(OCCCc2ccncc2)n1. The van der Waals surface area contributed by atoms with Crippen molar-refractivity contribution in [3.63, 3.8) is 0 Å². The predicted molar refractivity (Wildman–Crippen MR) is 72.2 cm³/mol. The summed E-state index contributed by atoms with van der Waals surface area (Å²) < 4.78 is 6.07. The maximum atomic E-state index is 5.59. The van der Waals surface area contributed by atoms with Crippen LogP contribution in [0.3, 0.4) is 0 Å². The third kappa shape index (κ3) is 3.96. The fourth-order valence-electron chi connectivity index (χ4n) is 1.47. The molecule has 18 heavy (non-hydrogen) atoms. The molecular weight excluding hydrogens is 296 g/mol. The van der Waals surface area contributed by atoms with Crippen LogP contribution in [-0.2, 0) is 6.42 Å². The van der Waals surface area contributed by atoms with Gasteiger partial charge in [0.05, 0.1) is 6.61 Å². The number of aromatic nitrogens is 3. The molecule has 0 atom stereocenters. The summed E-state index contributed by atoms with van der Waals surface area (Å²) in [6.07, 6.45) is 5.40. The van der Waals surface area contributed by atoms with Crippen molar-refractivity contribution in [1.29, 1.82) is 0 Å². The molecule has 94 valence electrons. The van der Waals surface area contributed by atoms with Crippen LogP contribution in [0.4, 0.5) is 5.82 Å². The Bertz CT molecular complexity index is 486. The smallest absolute Gasteiger partial charge is 0.319 e. The highest BCUT2D eigenvalue weighted by atomic mass is 79.9. The van der Waals surface area contributed by atoms with Crippen molar-refractivity contribution < 1.29 is 4.74 Å². The van der Waals surface area contributed by atoms with Crippen LogP contribution in [-0.4, -0.2) is 21.6 Å². The highest BCUT2D eigenvalue weighted by Gasteiger charge is 2.01. The average Bonchev–Trinajstić information content (AvgIpc) is 2.35. The van der Waals surface area contributed by atoms with E-state index in [2.05, 4.69) is 30.9 Å². The van der Waals surface area contributed by atoms with Gasteiger partial charge in [0.1, 0.15) is 10.4 Å². The molecule has 2 aromatic heterocycles. The van der Waals surface area contributed by atoms with Gasteiger partial charge in [-0.1, -0.05) is 0 Å². The van der Waals surface area contributed by atoms with Gasteiger partial charge in [-0.15, -0.1) is 0 Å². The zero-order chi connectivity index (χ0) is 12.8. The van der Waals surface area contributed by atoms with Gasteiger partial charge in [0.15, 0.2) is 0 Å². The molecule has 0 spiro atoms. The van der Waals surface area contributed by atoms with Crippen molar-refractivity contribution in [2.45, 2.75) is 12.8 Å². The molecule has 0 saturated heterocycles. The van der Waals surface area contributed by atoms with Crippen molar-refractivity contribution in [1.82, 2.24) is 15.0 Å². The fraction of sp³-hybridized carbons (Fsp3) is 0.250. The lowest BCUT2D eigenvalue weighted by Gasteiger charge is -2.05. The molecule has 0 aromatic carbocycles. The molecule has 2 aromatic rings. The molecule has 0 aliphatic rings. The third-order valence-corrected chi connectivity index (χ3v) is 2.69. The molecular formula is C12H13BrN4O. The topological polar surface area (TPSA) is 73.9 Å². The summed E-state index contributed by atoms with van der Waals surface area (Å²) in [4.78, 5) is 12.0. The number of aryl methyl sites for hydroxylation is 1. The first-order chi connectivity index (χ1) is 8.74. The maximum absolute atomic E-state index is 5.59. The largest absolute Gasteiger partial charge is 0.463 e. The van der Waals surface area contributed by atoms with E-state index in [1.807, 2.05) is 12.1 Å². The van der Waals surface area contributed by atoms with E-state index in [9.17, 15) is 0 Å². The normalized spacial score (nSPS) is 10.3. The number of pyridine rings is 1. The Morgan fingerprint density at radius 3 is 2.72 bits per heavy atom. The Morgan fingerprint density at radius 1 is 1.22 bits per heavy atom. The Hall–Kier alpha value is -1.69. The number of hydrogen-bond donors (Lipinski definition) is 1. The maximum Gasteiger partial charge on any atom is 0.319 e. The molecule has 5 nitrogen and oxygen atoms in total. The molecule has 2 N–H and O–H groups in total. The van der Waals surface area contributed by atoms with E-state index < -0.39 is 0 Å². The molecule has 2 heterocycles. The third-order valence-electron chi connectivity index (χ3n) is 2.28. The highest BCUT2D eigenvalue weighted by Crippen LogP contribution is 2.14. The minimum Gasteiger partial charge on any atom is -0.463 e. The van der Waals surface area contributed by atoms with Crippen LogP contribution < -0.4 is 10.5 Å². The van der Waals surface area contributed by atoms with Crippen LogP contribution in [0.15, 0.2) is 35.2 Å². The van der Waals surface area contributed by atoms with Gasteiger partial charge in [-0.25, -0.2) is 0 Å². The minimum atomic E-state index is 0.302. The molecule has 0 aliphatic heterocycles. The summed E-state index contributed by atoms with van der Waals surface area (Å²) in [5.41, 5.74) is 6.83. The van der Waals surface area contributed by atoms with E-state index in [1.54, 1.807) is 18.5 Å². The standard InChI is InChI=1S/C12H13BrN4O/c13-10-8-11(14)17-12(16-10)18-7-1-2-9-3-5-15-6-4-9/h3-6,8H,1-2,7H2,(H2,14,16,17). The first-order valence-electron chi connectivity index (χ1n) is 5.56. The Morgan fingerprint density at radius 2 is 2.00 bits per heavy atom. The Labute approximate surface area is 114 Å². The fourth-order valence-corrected chi connectivity index (χ4v) is 1.85. The summed E-state index contributed by atoms with van der Waals surface area (Å²) in [6, 6.07) is 5.92. The highest BCUT2D eigenvalue weighted by molar-refractivity contribution is 9.10. The molecule has 0 radical (unpaired) electrons. The van der Waals surface area contributed by atoms with Gasteiger partial charge in [0.25, 0.3) is 0 Å². The van der Waals surface area contributed by atoms with Crippen LogP contribution in [0, 0.1) is 0 Å². The number of ether oxygens (including phenoxy) is 1. The van der Waals surface area contributed by atoms with Crippen molar-refractivity contribution in [2.24, 2.45) is 0 Å². The van der Waals surface area contributed by atoms with Gasteiger partial charge in [0, 0.05) is 18.5 Å². The average molecular weight is 309 g/mol. The van der Waals surface area contributed by atoms with Crippen LogP contribution in [0.1, 0.15) is 12.0 Å². The van der Waals surface area contributed by atoms with Gasteiger partial charge >= 0.3 is 6.01 Å². The Kier molecular flexibility index (Phi) is 4.46. The van der Waals surface area contributed by atoms with Crippen LogP contribution >= 0.6 is 15.9 Å². The van der Waals surface area contributed by atoms with E-state index >= 15 is 0 Å². The summed E-state index contributed by atoms with van der Waals surface area (Å²) in [6.45, 7) is 0.554. The number of nitrogens with zero attached hydrogens (tertiary/aromatic N) is 3. The lowest BCUT2D eigenvalue weighted by Crippen LogP contribution is -2.04. The monoisotopic (exact) mass is 308 g/mol. The minimum absolute atomic E-state index is 0.302. The quantitative estimate of drug-likeness (QED) is 0.677. The molecule has 0 aliphatic carbocycles.